The van der Waals surface area contributed by atoms with Crippen molar-refractivity contribution in [2.24, 2.45) is 0 Å². The standard InChI is InChI=1S/C10H9N3O3/c1-16-10(15)6-8(14)7-5(13-9(6)11)3-2-4-12-7/h2-4H,1H3,(H3,11,13,14). The molecule has 2 rings (SSSR count). The van der Waals surface area contributed by atoms with E-state index in [4.69, 9.17) is 5.73 Å². The lowest BCUT2D eigenvalue weighted by Gasteiger charge is -2.04. The molecule has 0 fully saturated rings. The first-order chi connectivity index (χ1) is 7.65. The predicted octanol–water partition coefficient (Wildman–Crippen LogP) is 0.292. The van der Waals surface area contributed by atoms with Gasteiger partial charge in [-0.05, 0) is 12.1 Å². The van der Waals surface area contributed by atoms with Gasteiger partial charge in [0, 0.05) is 6.20 Å². The third kappa shape index (κ3) is 1.40. The molecule has 0 aromatic carbocycles. The minimum absolute atomic E-state index is 0.0163. The van der Waals surface area contributed by atoms with Crippen LogP contribution in [0, 0.1) is 0 Å². The lowest BCUT2D eigenvalue weighted by molar-refractivity contribution is 0.0600. The van der Waals surface area contributed by atoms with Gasteiger partial charge in [-0.1, -0.05) is 0 Å². The summed E-state index contributed by atoms with van der Waals surface area (Å²) < 4.78 is 4.48. The molecule has 0 amide bonds. The molecule has 0 spiro atoms. The van der Waals surface area contributed by atoms with Crippen LogP contribution in [0.15, 0.2) is 23.1 Å². The SMILES string of the molecule is COC(=O)c1c(N)[nH]c2cccnc2c1=O. The van der Waals surface area contributed by atoms with Gasteiger partial charge < -0.3 is 15.5 Å². The summed E-state index contributed by atoms with van der Waals surface area (Å²) in [7, 11) is 1.18. The number of aromatic nitrogens is 2. The van der Waals surface area contributed by atoms with Gasteiger partial charge in [0.25, 0.3) is 0 Å². The molecule has 16 heavy (non-hydrogen) atoms. The molecule has 0 atom stereocenters. The van der Waals surface area contributed by atoms with Gasteiger partial charge in [0.15, 0.2) is 0 Å². The van der Waals surface area contributed by atoms with Crippen molar-refractivity contribution in [2.45, 2.75) is 0 Å². The van der Waals surface area contributed by atoms with Crippen molar-refractivity contribution in [1.29, 1.82) is 0 Å². The van der Waals surface area contributed by atoms with Crippen LogP contribution in [0.5, 0.6) is 0 Å². The second-order valence-corrected chi connectivity index (χ2v) is 3.13. The third-order valence-electron chi connectivity index (χ3n) is 2.18. The Hall–Kier alpha value is -2.37. The zero-order valence-corrected chi connectivity index (χ0v) is 8.48. The first-order valence-electron chi connectivity index (χ1n) is 4.50. The molecule has 2 aromatic rings. The van der Waals surface area contributed by atoms with E-state index in [1.165, 1.54) is 13.3 Å². The fourth-order valence-electron chi connectivity index (χ4n) is 1.44. The number of methoxy groups -OCH3 is 1. The van der Waals surface area contributed by atoms with Crippen LogP contribution in [0.25, 0.3) is 11.0 Å². The molecule has 3 N–H and O–H groups in total. The Morgan fingerprint density at radius 3 is 3.00 bits per heavy atom. The molecule has 0 aliphatic carbocycles. The highest BCUT2D eigenvalue weighted by Gasteiger charge is 2.18. The van der Waals surface area contributed by atoms with Gasteiger partial charge >= 0.3 is 5.97 Å². The second-order valence-electron chi connectivity index (χ2n) is 3.13. The highest BCUT2D eigenvalue weighted by atomic mass is 16.5. The fourth-order valence-corrected chi connectivity index (χ4v) is 1.44. The van der Waals surface area contributed by atoms with Crippen molar-refractivity contribution >= 4 is 22.8 Å². The maximum atomic E-state index is 11.9. The van der Waals surface area contributed by atoms with Gasteiger partial charge in [0.2, 0.25) is 5.43 Å². The van der Waals surface area contributed by atoms with Gasteiger partial charge in [-0.2, -0.15) is 0 Å². The van der Waals surface area contributed by atoms with Crippen LogP contribution >= 0.6 is 0 Å². The van der Waals surface area contributed by atoms with Crippen molar-refractivity contribution in [1.82, 2.24) is 9.97 Å². The van der Waals surface area contributed by atoms with Gasteiger partial charge in [-0.25, -0.2) is 4.79 Å². The zero-order chi connectivity index (χ0) is 11.7. The van der Waals surface area contributed by atoms with Crippen molar-refractivity contribution in [3.05, 3.63) is 34.1 Å². The van der Waals surface area contributed by atoms with E-state index in [-0.39, 0.29) is 16.9 Å². The number of nitrogens with two attached hydrogens (primary N) is 1. The fraction of sp³-hybridized carbons (Fsp3) is 0.100. The van der Waals surface area contributed by atoms with E-state index in [1.807, 2.05) is 0 Å². The molecule has 0 unspecified atom stereocenters. The maximum Gasteiger partial charge on any atom is 0.345 e. The summed E-state index contributed by atoms with van der Waals surface area (Å²) in [5, 5.41) is 0. The molecule has 0 saturated heterocycles. The van der Waals surface area contributed by atoms with Crippen LogP contribution < -0.4 is 11.2 Å². The molecule has 82 valence electrons. The Bertz CT molecular complexity index is 618. The number of pyridine rings is 2. The molecule has 0 saturated carbocycles. The topological polar surface area (TPSA) is 98.1 Å². The molecule has 6 nitrogen and oxygen atoms in total. The predicted molar refractivity (Wildman–Crippen MR) is 58.1 cm³/mol. The van der Waals surface area contributed by atoms with Gasteiger partial charge in [-0.3, -0.25) is 9.78 Å². The average molecular weight is 219 g/mol. The molecule has 0 aliphatic rings. The van der Waals surface area contributed by atoms with E-state index in [0.717, 1.165) is 0 Å². The molecule has 0 aliphatic heterocycles. The maximum absolute atomic E-state index is 11.9. The Balaban J connectivity index is 2.86. The highest BCUT2D eigenvalue weighted by Crippen LogP contribution is 2.11. The lowest BCUT2D eigenvalue weighted by atomic mass is 10.2. The van der Waals surface area contributed by atoms with E-state index in [0.29, 0.717) is 5.52 Å². The highest BCUT2D eigenvalue weighted by molar-refractivity contribution is 5.97. The van der Waals surface area contributed by atoms with Gasteiger partial charge in [0.05, 0.1) is 12.6 Å². The smallest absolute Gasteiger partial charge is 0.345 e. The Kier molecular flexibility index (Phi) is 2.32. The Morgan fingerprint density at radius 2 is 2.31 bits per heavy atom. The number of hydrogen-bond donors (Lipinski definition) is 2. The summed E-state index contributed by atoms with van der Waals surface area (Å²) >= 11 is 0. The molecular formula is C10H9N3O3. The minimum Gasteiger partial charge on any atom is -0.465 e. The monoisotopic (exact) mass is 219 g/mol. The van der Waals surface area contributed by atoms with Crippen molar-refractivity contribution in [3.63, 3.8) is 0 Å². The van der Waals surface area contributed by atoms with Crippen LogP contribution in [0.2, 0.25) is 0 Å². The largest absolute Gasteiger partial charge is 0.465 e. The summed E-state index contributed by atoms with van der Waals surface area (Å²) in [4.78, 5) is 29.9. The van der Waals surface area contributed by atoms with Gasteiger partial charge in [-0.15, -0.1) is 0 Å². The number of esters is 1. The van der Waals surface area contributed by atoms with Crippen LogP contribution in [-0.4, -0.2) is 23.0 Å². The second kappa shape index (κ2) is 3.65. The average Bonchev–Trinajstić information content (AvgIpc) is 2.28. The Morgan fingerprint density at radius 1 is 1.56 bits per heavy atom. The number of carbonyl (C=O) groups excluding carboxylic acids is 1. The van der Waals surface area contributed by atoms with E-state index in [2.05, 4.69) is 14.7 Å². The van der Waals surface area contributed by atoms with Crippen molar-refractivity contribution in [2.75, 3.05) is 12.8 Å². The number of nitrogen functional groups attached to an aromatic ring is 1. The summed E-state index contributed by atoms with van der Waals surface area (Å²) in [5.74, 6) is -0.788. The first-order valence-corrected chi connectivity index (χ1v) is 4.50. The van der Waals surface area contributed by atoms with E-state index in [9.17, 15) is 9.59 Å². The summed E-state index contributed by atoms with van der Waals surface area (Å²) in [6, 6.07) is 3.32. The number of ether oxygens (including phenoxy) is 1. The summed E-state index contributed by atoms with van der Waals surface area (Å²) in [6.07, 6.45) is 1.47. The number of aromatic amines is 1. The zero-order valence-electron chi connectivity index (χ0n) is 8.48. The van der Waals surface area contributed by atoms with Gasteiger partial charge in [0.1, 0.15) is 16.9 Å². The quantitative estimate of drug-likeness (QED) is 0.672. The summed E-state index contributed by atoms with van der Waals surface area (Å²) in [5.41, 5.74) is 5.48. The molecular weight excluding hydrogens is 210 g/mol. The number of nitrogens with one attached hydrogen (secondary N) is 1. The molecule has 2 heterocycles. The molecule has 6 heteroatoms. The van der Waals surface area contributed by atoms with Crippen LogP contribution in [0.4, 0.5) is 5.82 Å². The number of anilines is 1. The number of H-pyrrole nitrogens is 1. The number of nitrogens with zero attached hydrogens (tertiary/aromatic N) is 1. The van der Waals surface area contributed by atoms with E-state index >= 15 is 0 Å². The van der Waals surface area contributed by atoms with Crippen LogP contribution in [0.3, 0.4) is 0 Å². The first kappa shape index (κ1) is 10.2. The summed E-state index contributed by atoms with van der Waals surface area (Å²) in [6.45, 7) is 0. The van der Waals surface area contributed by atoms with Crippen LogP contribution in [-0.2, 0) is 4.74 Å². The number of fused-ring (bicyclic) bond motifs is 1. The van der Waals surface area contributed by atoms with E-state index in [1.54, 1.807) is 12.1 Å². The molecule has 2 aromatic heterocycles. The molecule has 0 bridgehead atoms. The lowest BCUT2D eigenvalue weighted by Crippen LogP contribution is -2.21. The third-order valence-corrected chi connectivity index (χ3v) is 2.18. The number of hydrogen-bond acceptors (Lipinski definition) is 5. The number of rotatable bonds is 1. The number of carbonyl (C=O) groups is 1. The molecule has 0 radical (unpaired) electrons. The minimum atomic E-state index is -0.772. The van der Waals surface area contributed by atoms with E-state index < -0.39 is 11.4 Å². The van der Waals surface area contributed by atoms with Crippen molar-refractivity contribution < 1.29 is 9.53 Å². The Labute approximate surface area is 90.1 Å². The van der Waals surface area contributed by atoms with Crippen molar-refractivity contribution in [3.8, 4) is 0 Å². The van der Waals surface area contributed by atoms with Crippen LogP contribution in [0.1, 0.15) is 10.4 Å². The normalized spacial score (nSPS) is 10.3.